The van der Waals surface area contributed by atoms with E-state index in [2.05, 4.69) is 9.72 Å². The number of hydrogen-bond donors (Lipinski definition) is 0. The second-order valence-corrected chi connectivity index (χ2v) is 6.28. The average molecular weight is 404 g/mol. The number of hydrogen-bond acceptors (Lipinski definition) is 5. The summed E-state index contributed by atoms with van der Waals surface area (Å²) in [6.07, 6.45) is -1.81. The molecule has 4 rings (SSSR count). The van der Waals surface area contributed by atoms with Crippen LogP contribution in [0.2, 0.25) is 0 Å². The fourth-order valence-electron chi connectivity index (χ4n) is 3.03. The third-order valence-corrected chi connectivity index (χ3v) is 4.35. The molecule has 3 aromatic rings. The molecule has 150 valence electrons. The van der Waals surface area contributed by atoms with Crippen LogP contribution in [-0.4, -0.2) is 35.3 Å². The summed E-state index contributed by atoms with van der Waals surface area (Å²) < 4.78 is 51.7. The van der Waals surface area contributed by atoms with Gasteiger partial charge in [-0.25, -0.2) is 4.98 Å². The van der Waals surface area contributed by atoms with E-state index in [9.17, 15) is 18.0 Å². The number of carbonyl (C=O) groups is 1. The standard InChI is InChI=1S/C20H15F3N2O4/c21-20(22,23)29-15-4-1-13(2-5-15)14-3-6-17-16(11-14)19(26)25(8-10-27-17)12-18-24-7-9-28-18/h1-7,9,11H,8,10,12H2. The number of amides is 1. The van der Waals surface area contributed by atoms with E-state index in [1.54, 1.807) is 23.1 Å². The highest BCUT2D eigenvalue weighted by atomic mass is 19.4. The van der Waals surface area contributed by atoms with Gasteiger partial charge in [0.25, 0.3) is 5.91 Å². The molecule has 0 unspecified atom stereocenters. The van der Waals surface area contributed by atoms with Crippen molar-refractivity contribution in [2.75, 3.05) is 13.2 Å². The second-order valence-electron chi connectivity index (χ2n) is 6.28. The first kappa shape index (κ1) is 18.9. The van der Waals surface area contributed by atoms with Crippen molar-refractivity contribution in [3.63, 3.8) is 0 Å². The molecular formula is C20H15F3N2O4. The quantitative estimate of drug-likeness (QED) is 0.650. The van der Waals surface area contributed by atoms with Crippen LogP contribution >= 0.6 is 0 Å². The number of carbonyl (C=O) groups excluding carboxylic acids is 1. The Morgan fingerprint density at radius 2 is 1.86 bits per heavy atom. The zero-order chi connectivity index (χ0) is 20.4. The average Bonchev–Trinajstić information content (AvgIpc) is 3.14. The highest BCUT2D eigenvalue weighted by molar-refractivity contribution is 5.98. The van der Waals surface area contributed by atoms with Gasteiger partial charge in [0, 0.05) is 0 Å². The molecular weight excluding hydrogens is 389 g/mol. The molecule has 9 heteroatoms. The maximum absolute atomic E-state index is 13.0. The lowest BCUT2D eigenvalue weighted by Gasteiger charge is -2.18. The summed E-state index contributed by atoms with van der Waals surface area (Å²) in [5, 5.41) is 0. The number of nitrogens with zero attached hydrogens (tertiary/aromatic N) is 2. The van der Waals surface area contributed by atoms with E-state index in [-0.39, 0.29) is 18.2 Å². The van der Waals surface area contributed by atoms with E-state index in [0.717, 1.165) is 0 Å². The van der Waals surface area contributed by atoms with Gasteiger partial charge >= 0.3 is 6.36 Å². The van der Waals surface area contributed by atoms with Gasteiger partial charge in [0.15, 0.2) is 0 Å². The fraction of sp³-hybridized carbons (Fsp3) is 0.200. The van der Waals surface area contributed by atoms with Gasteiger partial charge in [-0.3, -0.25) is 4.79 Å². The summed E-state index contributed by atoms with van der Waals surface area (Å²) in [5.74, 6) is 0.311. The monoisotopic (exact) mass is 404 g/mol. The normalized spacial score (nSPS) is 14.2. The molecule has 0 N–H and O–H groups in total. The molecule has 1 amide bonds. The summed E-state index contributed by atoms with van der Waals surface area (Å²) in [6.45, 7) is 0.902. The maximum atomic E-state index is 13.0. The van der Waals surface area contributed by atoms with E-state index in [0.29, 0.717) is 41.5 Å². The Morgan fingerprint density at radius 3 is 2.55 bits per heavy atom. The van der Waals surface area contributed by atoms with Gasteiger partial charge in [0.05, 0.1) is 24.8 Å². The molecule has 0 fully saturated rings. The van der Waals surface area contributed by atoms with Crippen molar-refractivity contribution in [1.82, 2.24) is 9.88 Å². The van der Waals surface area contributed by atoms with E-state index in [1.165, 1.54) is 36.7 Å². The summed E-state index contributed by atoms with van der Waals surface area (Å²) in [6, 6.07) is 10.5. The Hall–Kier alpha value is -3.49. The van der Waals surface area contributed by atoms with Crippen LogP contribution in [-0.2, 0) is 6.54 Å². The van der Waals surface area contributed by atoms with Crippen LogP contribution in [0.25, 0.3) is 11.1 Å². The minimum Gasteiger partial charge on any atom is -0.491 e. The molecule has 2 heterocycles. The van der Waals surface area contributed by atoms with Crippen LogP contribution < -0.4 is 9.47 Å². The lowest BCUT2D eigenvalue weighted by Crippen LogP contribution is -2.32. The number of oxazole rings is 1. The topological polar surface area (TPSA) is 64.8 Å². The van der Waals surface area contributed by atoms with Crippen LogP contribution in [0, 0.1) is 0 Å². The number of rotatable bonds is 4. The zero-order valence-electron chi connectivity index (χ0n) is 15.0. The van der Waals surface area contributed by atoms with Gasteiger partial charge in [-0.05, 0) is 35.4 Å². The molecule has 0 saturated heterocycles. The first-order chi connectivity index (χ1) is 13.9. The first-order valence-electron chi connectivity index (χ1n) is 8.70. The minimum absolute atomic E-state index is 0.211. The molecule has 1 aliphatic rings. The fourth-order valence-corrected chi connectivity index (χ4v) is 3.03. The molecule has 0 spiro atoms. The van der Waals surface area contributed by atoms with Crippen LogP contribution in [0.4, 0.5) is 13.2 Å². The van der Waals surface area contributed by atoms with Crippen molar-refractivity contribution in [2.45, 2.75) is 12.9 Å². The number of benzene rings is 2. The van der Waals surface area contributed by atoms with E-state index >= 15 is 0 Å². The molecule has 0 atom stereocenters. The van der Waals surface area contributed by atoms with Crippen molar-refractivity contribution >= 4 is 5.91 Å². The smallest absolute Gasteiger partial charge is 0.491 e. The maximum Gasteiger partial charge on any atom is 0.573 e. The Bertz CT molecular complexity index is 1000. The van der Waals surface area contributed by atoms with Crippen molar-refractivity contribution < 1.29 is 31.9 Å². The van der Waals surface area contributed by atoms with Gasteiger partial charge in [-0.15, -0.1) is 13.2 Å². The SMILES string of the molecule is O=C1c2cc(-c3ccc(OC(F)(F)F)cc3)ccc2OCCN1Cc1ncco1. The van der Waals surface area contributed by atoms with Crippen LogP contribution in [0.3, 0.4) is 0 Å². The molecule has 1 aromatic heterocycles. The Kier molecular flexibility index (Phi) is 4.87. The van der Waals surface area contributed by atoms with Crippen molar-refractivity contribution in [3.05, 3.63) is 66.4 Å². The van der Waals surface area contributed by atoms with Gasteiger partial charge in [0.1, 0.15) is 24.4 Å². The van der Waals surface area contributed by atoms with Crippen LogP contribution in [0.1, 0.15) is 16.2 Å². The number of alkyl halides is 3. The lowest BCUT2D eigenvalue weighted by atomic mass is 10.0. The number of fused-ring (bicyclic) bond motifs is 1. The van der Waals surface area contributed by atoms with Crippen molar-refractivity contribution in [3.8, 4) is 22.6 Å². The molecule has 0 aliphatic carbocycles. The first-order valence-corrected chi connectivity index (χ1v) is 8.70. The number of ether oxygens (including phenoxy) is 2. The Balaban J connectivity index is 1.59. The van der Waals surface area contributed by atoms with E-state index in [1.807, 2.05) is 0 Å². The Morgan fingerprint density at radius 1 is 1.10 bits per heavy atom. The molecule has 2 aromatic carbocycles. The number of halogens is 3. The summed E-state index contributed by atoms with van der Waals surface area (Å²) >= 11 is 0. The summed E-state index contributed by atoms with van der Waals surface area (Å²) in [7, 11) is 0. The van der Waals surface area contributed by atoms with E-state index in [4.69, 9.17) is 9.15 Å². The molecule has 0 saturated carbocycles. The predicted octanol–water partition coefficient (Wildman–Crippen LogP) is 4.28. The number of aromatic nitrogens is 1. The molecule has 0 bridgehead atoms. The van der Waals surface area contributed by atoms with Crippen LogP contribution in [0.5, 0.6) is 11.5 Å². The lowest BCUT2D eigenvalue weighted by molar-refractivity contribution is -0.274. The second kappa shape index (κ2) is 7.50. The molecule has 0 radical (unpaired) electrons. The van der Waals surface area contributed by atoms with Gasteiger partial charge in [-0.2, -0.15) is 0 Å². The molecule has 1 aliphatic heterocycles. The van der Waals surface area contributed by atoms with Crippen molar-refractivity contribution in [1.29, 1.82) is 0 Å². The minimum atomic E-state index is -4.75. The summed E-state index contributed by atoms with van der Waals surface area (Å²) in [4.78, 5) is 18.6. The van der Waals surface area contributed by atoms with Gasteiger partial charge in [0.2, 0.25) is 5.89 Å². The van der Waals surface area contributed by atoms with E-state index < -0.39 is 6.36 Å². The van der Waals surface area contributed by atoms with Crippen LogP contribution in [0.15, 0.2) is 59.3 Å². The van der Waals surface area contributed by atoms with Crippen molar-refractivity contribution in [2.24, 2.45) is 0 Å². The molecule has 29 heavy (non-hydrogen) atoms. The third kappa shape index (κ3) is 4.34. The van der Waals surface area contributed by atoms with Gasteiger partial charge in [-0.1, -0.05) is 18.2 Å². The Labute approximate surface area is 163 Å². The summed E-state index contributed by atoms with van der Waals surface area (Å²) in [5.41, 5.74) is 1.66. The highest BCUT2D eigenvalue weighted by Crippen LogP contribution is 2.31. The van der Waals surface area contributed by atoms with Gasteiger partial charge < -0.3 is 18.8 Å². The highest BCUT2D eigenvalue weighted by Gasteiger charge is 2.31. The molecule has 6 nitrogen and oxygen atoms in total. The third-order valence-electron chi connectivity index (χ3n) is 4.35. The predicted molar refractivity (Wildman–Crippen MR) is 95.3 cm³/mol. The zero-order valence-corrected chi connectivity index (χ0v) is 15.0. The largest absolute Gasteiger partial charge is 0.573 e.